The van der Waals surface area contributed by atoms with Crippen LogP contribution in [-0.2, 0) is 52.7 Å². The third-order valence-corrected chi connectivity index (χ3v) is 16.9. The van der Waals surface area contributed by atoms with Crippen LogP contribution in [0.4, 0.5) is 0 Å². The molecule has 1 aliphatic rings. The van der Waals surface area contributed by atoms with Crippen LogP contribution in [0.3, 0.4) is 0 Å². The lowest BCUT2D eigenvalue weighted by Gasteiger charge is -2.41. The molecule has 0 aliphatic carbocycles. The highest BCUT2D eigenvalue weighted by Gasteiger charge is 2.46. The number of rotatable bonds is 18. The minimum absolute atomic E-state index is 0.0411. The van der Waals surface area contributed by atoms with E-state index in [1.807, 2.05) is 55.4 Å². The number of carbonyl (C=O) groups excluding carboxylic acids is 11. The summed E-state index contributed by atoms with van der Waals surface area (Å²) >= 11 is 0. The van der Waals surface area contributed by atoms with E-state index in [2.05, 4.69) is 27.8 Å². The summed E-state index contributed by atoms with van der Waals surface area (Å²) in [5.74, 6) is -10.2. The van der Waals surface area contributed by atoms with E-state index in [4.69, 9.17) is 0 Å². The number of aliphatic hydroxyl groups excluding tert-OH is 2. The van der Waals surface area contributed by atoms with Gasteiger partial charge in [-0.15, -0.1) is 0 Å². The van der Waals surface area contributed by atoms with E-state index in [9.17, 15) is 53.4 Å². The molecule has 11 amide bonds. The Morgan fingerprint density at radius 3 is 1.38 bits per heavy atom. The second-order valence-electron chi connectivity index (χ2n) is 26.9. The van der Waals surface area contributed by atoms with Crippen LogP contribution in [0, 0.1) is 41.4 Å². The second-order valence-corrected chi connectivity index (χ2v) is 26.9. The summed E-state index contributed by atoms with van der Waals surface area (Å²) in [6.07, 6.45) is 0.625. The van der Waals surface area contributed by atoms with Gasteiger partial charge in [0.1, 0.15) is 66.1 Å². The number of nitrogens with one attached hydrogen (secondary N) is 4. The average Bonchev–Trinajstić information content (AvgIpc) is 3.59. The molecule has 1 fully saturated rings. The molecule has 1 rings (SSSR count). The Labute approximate surface area is 526 Å². The van der Waals surface area contributed by atoms with Gasteiger partial charge < -0.3 is 65.8 Å². The second kappa shape index (κ2) is 36.5. The fourth-order valence-electron chi connectivity index (χ4n) is 11.1. The molecule has 0 aromatic rings. The molecule has 1 heterocycles. The highest BCUT2D eigenvalue weighted by atomic mass is 16.3. The molecule has 12 atom stereocenters. The molecule has 0 saturated carbocycles. The summed E-state index contributed by atoms with van der Waals surface area (Å²) in [7, 11) is 9.71. The van der Waals surface area contributed by atoms with Gasteiger partial charge in [0.25, 0.3) is 5.91 Å². The van der Waals surface area contributed by atoms with E-state index >= 15 is 9.59 Å². The SMILES string of the molecule is C=C1C(=O)N(C)[C@@H](CC(C)C)C(=O)N[C@H](C(C)C)C(=O)N(C)[C@H](CCC(C)C)C(=O)N[C@H](C)C(=O)N[C@@H](C)C(=O)N(C)[C@@H](CC(C)C)C(=O)N(C)[C@H](CC(C)C)C(=O)N(C)[C@H](C(C)C)C(=O)N(C)[C@@H]([C@H](O)[C@H](C)CCCCO)C(=O)N[C@H](CC)C(=O)N1C. The number of aliphatic hydroxyl groups is 2. The fourth-order valence-corrected chi connectivity index (χ4v) is 11.1. The van der Waals surface area contributed by atoms with Crippen molar-refractivity contribution < 1.29 is 63.0 Å². The molecular formula is C64H115N11O13. The monoisotopic (exact) mass is 1250 g/mol. The molecule has 24 heteroatoms. The van der Waals surface area contributed by atoms with E-state index in [0.717, 1.165) is 14.7 Å². The van der Waals surface area contributed by atoms with E-state index in [1.54, 1.807) is 41.5 Å². The van der Waals surface area contributed by atoms with Crippen molar-refractivity contribution in [1.29, 1.82) is 0 Å². The molecule has 1 aliphatic heterocycles. The zero-order valence-corrected chi connectivity index (χ0v) is 57.7. The van der Waals surface area contributed by atoms with Crippen LogP contribution < -0.4 is 21.3 Å². The Kier molecular flexibility index (Phi) is 33.1. The number of hydrogen-bond acceptors (Lipinski definition) is 13. The minimum Gasteiger partial charge on any atom is -0.396 e. The van der Waals surface area contributed by atoms with Gasteiger partial charge in [-0.05, 0) is 107 Å². The summed E-state index contributed by atoms with van der Waals surface area (Å²) < 4.78 is 0. The molecule has 504 valence electrons. The summed E-state index contributed by atoms with van der Waals surface area (Å²) in [6.45, 7) is 31.9. The van der Waals surface area contributed by atoms with Gasteiger partial charge in [-0.1, -0.05) is 110 Å². The largest absolute Gasteiger partial charge is 0.396 e. The summed E-state index contributed by atoms with van der Waals surface area (Å²) in [5.41, 5.74) is -0.373. The first-order valence-electron chi connectivity index (χ1n) is 31.7. The normalized spacial score (nSPS) is 26.3. The Bertz CT molecular complexity index is 2400. The first kappa shape index (κ1) is 79.8. The fraction of sp³-hybridized carbons (Fsp3) is 0.797. The molecular weight excluding hydrogens is 1130 g/mol. The summed E-state index contributed by atoms with van der Waals surface area (Å²) in [6, 6.07) is -12.7. The molecule has 0 aromatic carbocycles. The van der Waals surface area contributed by atoms with E-state index in [0.29, 0.717) is 25.7 Å². The lowest BCUT2D eigenvalue weighted by molar-refractivity contribution is -0.157. The van der Waals surface area contributed by atoms with Gasteiger partial charge in [0.15, 0.2) is 0 Å². The number of hydrogen-bond donors (Lipinski definition) is 6. The van der Waals surface area contributed by atoms with Crippen LogP contribution in [-0.4, -0.2) is 232 Å². The van der Waals surface area contributed by atoms with Gasteiger partial charge in [0.2, 0.25) is 59.1 Å². The standard InChI is InChI=1S/C64H115N11O13/c1-25-45-60(84)69(18)44(17)59(83)71(20)47(32-36(4)5)56(80)68-50(39(10)11)63(87)70(19)46(30-29-35(2)3)55(79)65-42(15)54(78)66-43(16)58(82)72(21)48(33-37(6)7)61(85)73(22)49(34-38(8)9)62(86)74(23)51(40(12)13)64(88)75(24)52(57(81)67-45)53(77)41(14)28-26-27-31-76/h35-43,45-53,76-77H,17,25-34H2,1-16,18-24H3,(H,65,79)(H,66,78)(H,67,81)(H,68,80)/t41-,42-,43+,45-,46-,47+,48+,49-,50-,51-,52+,53-/m1/s1. The van der Waals surface area contributed by atoms with Crippen LogP contribution in [0.1, 0.15) is 169 Å². The smallest absolute Gasteiger partial charge is 0.270 e. The molecule has 0 bridgehead atoms. The number of amides is 11. The first-order chi connectivity index (χ1) is 40.6. The van der Waals surface area contributed by atoms with Gasteiger partial charge >= 0.3 is 0 Å². The number of carbonyl (C=O) groups is 11. The van der Waals surface area contributed by atoms with Crippen molar-refractivity contribution >= 4 is 65.0 Å². The van der Waals surface area contributed by atoms with Crippen LogP contribution in [0.2, 0.25) is 0 Å². The van der Waals surface area contributed by atoms with Gasteiger partial charge in [0.05, 0.1) is 6.10 Å². The molecule has 0 unspecified atom stereocenters. The van der Waals surface area contributed by atoms with Crippen molar-refractivity contribution in [2.75, 3.05) is 55.9 Å². The molecule has 0 radical (unpaired) electrons. The minimum atomic E-state index is -1.67. The third kappa shape index (κ3) is 22.1. The number of nitrogens with zero attached hydrogens (tertiary/aromatic N) is 7. The Morgan fingerprint density at radius 1 is 0.455 bits per heavy atom. The van der Waals surface area contributed by atoms with Gasteiger partial charge in [-0.25, -0.2) is 0 Å². The molecule has 6 N–H and O–H groups in total. The predicted molar refractivity (Wildman–Crippen MR) is 339 cm³/mol. The maximum absolute atomic E-state index is 15.2. The zero-order chi connectivity index (χ0) is 68.3. The van der Waals surface area contributed by atoms with Crippen LogP contribution in [0.15, 0.2) is 12.3 Å². The van der Waals surface area contributed by atoms with E-state index < -0.39 is 149 Å². The first-order valence-corrected chi connectivity index (χ1v) is 31.7. The summed E-state index contributed by atoms with van der Waals surface area (Å²) in [5, 5.41) is 32.7. The van der Waals surface area contributed by atoms with Crippen LogP contribution in [0.25, 0.3) is 0 Å². The van der Waals surface area contributed by atoms with Gasteiger partial charge in [-0.3, -0.25) is 52.7 Å². The van der Waals surface area contributed by atoms with Crippen molar-refractivity contribution in [2.45, 2.75) is 235 Å². The summed E-state index contributed by atoms with van der Waals surface area (Å²) in [4.78, 5) is 169. The maximum Gasteiger partial charge on any atom is 0.270 e. The average molecular weight is 1250 g/mol. The number of likely N-dealkylation sites (N-methyl/N-ethyl adjacent to an activating group) is 7. The lowest BCUT2D eigenvalue weighted by atomic mass is 9.90. The van der Waals surface area contributed by atoms with Crippen molar-refractivity contribution in [3.05, 3.63) is 12.3 Å². The highest BCUT2D eigenvalue weighted by Crippen LogP contribution is 2.26. The maximum atomic E-state index is 15.2. The van der Waals surface area contributed by atoms with E-state index in [-0.39, 0.29) is 68.1 Å². The molecule has 1 saturated heterocycles. The van der Waals surface area contributed by atoms with Crippen molar-refractivity contribution in [3.8, 4) is 0 Å². The van der Waals surface area contributed by atoms with Crippen molar-refractivity contribution in [3.63, 3.8) is 0 Å². The lowest BCUT2D eigenvalue weighted by Crippen LogP contribution is -2.63. The predicted octanol–water partition coefficient (Wildman–Crippen LogP) is 3.37. The molecule has 0 spiro atoms. The van der Waals surface area contributed by atoms with Crippen LogP contribution in [0.5, 0.6) is 0 Å². The number of unbranched alkanes of at least 4 members (excludes halogenated alkanes) is 1. The highest BCUT2D eigenvalue weighted by molar-refractivity contribution is 6.02. The van der Waals surface area contributed by atoms with Crippen LogP contribution >= 0.6 is 0 Å². The topological polar surface area (TPSA) is 299 Å². The zero-order valence-electron chi connectivity index (χ0n) is 57.7. The van der Waals surface area contributed by atoms with Crippen molar-refractivity contribution in [1.82, 2.24) is 55.6 Å². The van der Waals surface area contributed by atoms with Crippen molar-refractivity contribution in [2.24, 2.45) is 41.4 Å². The quantitative estimate of drug-likeness (QED) is 0.0849. The van der Waals surface area contributed by atoms with Gasteiger partial charge in [0, 0.05) is 55.9 Å². The molecule has 24 nitrogen and oxygen atoms in total. The van der Waals surface area contributed by atoms with E-state index in [1.165, 1.54) is 82.8 Å². The Balaban J connectivity index is 4.39. The Morgan fingerprint density at radius 2 is 0.909 bits per heavy atom. The molecule has 0 aromatic heterocycles. The Hall–Kier alpha value is -6.17. The van der Waals surface area contributed by atoms with Gasteiger partial charge in [-0.2, -0.15) is 0 Å². The molecule has 88 heavy (non-hydrogen) atoms. The third-order valence-electron chi connectivity index (χ3n) is 16.9.